The van der Waals surface area contributed by atoms with Crippen molar-refractivity contribution in [3.63, 3.8) is 0 Å². The van der Waals surface area contributed by atoms with Crippen LogP contribution in [-0.4, -0.2) is 61.0 Å². The molecule has 0 aliphatic rings. The minimum atomic E-state index is -10.7. The van der Waals surface area contributed by atoms with Gasteiger partial charge in [0.1, 0.15) is 0 Å². The summed E-state index contributed by atoms with van der Waals surface area (Å²) in [5, 5.41) is 0. The normalized spacial score (nSPS) is 16.0. The van der Waals surface area contributed by atoms with Crippen molar-refractivity contribution in [3.05, 3.63) is 24.5 Å². The molecule has 0 aliphatic carbocycles. The van der Waals surface area contributed by atoms with Crippen LogP contribution in [-0.2, 0) is 0 Å². The summed E-state index contributed by atoms with van der Waals surface area (Å²) in [7, 11) is -0.361. The molecule has 0 fully saturated rings. The first kappa shape index (κ1) is 22.4. The van der Waals surface area contributed by atoms with E-state index in [1.165, 1.54) is 0 Å². The van der Waals surface area contributed by atoms with E-state index in [0.717, 1.165) is 0 Å². The zero-order valence-electron chi connectivity index (χ0n) is 13.7. The molecule has 0 bridgehead atoms. The molecule has 0 amide bonds. The summed E-state index contributed by atoms with van der Waals surface area (Å²) >= 11 is 0. The fourth-order valence-corrected chi connectivity index (χ4v) is 4.74. The number of hydrogen-bond donors (Lipinski definition) is 0. The van der Waals surface area contributed by atoms with Gasteiger partial charge in [0.25, 0.3) is 0 Å². The van der Waals surface area contributed by atoms with Gasteiger partial charge in [0.15, 0.2) is 0 Å². The third-order valence-electron chi connectivity index (χ3n) is 2.34. The Morgan fingerprint density at radius 2 is 1.00 bits per heavy atom. The van der Waals surface area contributed by atoms with Gasteiger partial charge < -0.3 is 0 Å². The zero-order valence-corrected chi connectivity index (χ0v) is 15.5. The molecule has 0 spiro atoms. The van der Waals surface area contributed by atoms with E-state index in [1.807, 2.05) is 66.8 Å². The Kier molecular flexibility index (Phi) is 6.20. The van der Waals surface area contributed by atoms with Crippen LogP contribution >= 0.6 is 15.8 Å². The van der Waals surface area contributed by atoms with E-state index in [2.05, 4.69) is 14.0 Å². The maximum atomic E-state index is 9.87. The van der Waals surface area contributed by atoms with Crippen molar-refractivity contribution in [2.24, 2.45) is 0 Å². The van der Waals surface area contributed by atoms with Gasteiger partial charge in [0.2, 0.25) is 0 Å². The van der Waals surface area contributed by atoms with Crippen molar-refractivity contribution in [2.45, 2.75) is 0 Å². The van der Waals surface area contributed by atoms with Crippen LogP contribution in [0.15, 0.2) is 24.5 Å². The summed E-state index contributed by atoms with van der Waals surface area (Å²) in [5.74, 6) is 0. The predicted molar refractivity (Wildman–Crippen MR) is 82.6 cm³/mol. The zero-order chi connectivity index (χ0) is 18.8. The van der Waals surface area contributed by atoms with Crippen molar-refractivity contribution in [3.8, 4) is 0 Å². The average molecular weight is 390 g/mol. The summed E-state index contributed by atoms with van der Waals surface area (Å²) < 4.78 is 73.5. The van der Waals surface area contributed by atoms with E-state index in [1.54, 1.807) is 4.73 Å². The minimum absolute atomic E-state index is 1.76. The number of nitrogens with zero attached hydrogens (tertiary/aromatic N) is 4. The molecule has 1 rings (SSSR count). The van der Waals surface area contributed by atoms with Crippen LogP contribution in [0.1, 0.15) is 0 Å². The Morgan fingerprint density at radius 1 is 0.739 bits per heavy atom. The van der Waals surface area contributed by atoms with Crippen molar-refractivity contribution >= 4 is 15.8 Å². The molecule has 0 saturated heterocycles. The Bertz CT molecular complexity index is 455. The van der Waals surface area contributed by atoms with Gasteiger partial charge in [0.05, 0.1) is 0 Å². The standard InChI is InChI=1S/C10H22N4OP.F6P/c1-11(2)16(12(3)4,13(5)6)15-14-9-7-8-10-14;1-7(2,3,4,5)6/h7-10H,1-6H3;/q+1;-1. The van der Waals surface area contributed by atoms with Crippen molar-refractivity contribution in [1.82, 2.24) is 18.7 Å². The van der Waals surface area contributed by atoms with Crippen LogP contribution in [0.25, 0.3) is 0 Å². The van der Waals surface area contributed by atoms with Crippen LogP contribution in [0.4, 0.5) is 25.2 Å². The van der Waals surface area contributed by atoms with Crippen molar-refractivity contribution < 1.29 is 29.8 Å². The second kappa shape index (κ2) is 6.37. The molecule has 140 valence electrons. The van der Waals surface area contributed by atoms with Gasteiger partial charge in [0, 0.05) is 54.7 Å². The maximum absolute atomic E-state index is 10.7. The van der Waals surface area contributed by atoms with E-state index in [-0.39, 0.29) is 0 Å². The van der Waals surface area contributed by atoms with Gasteiger partial charge in [-0.25, -0.2) is 4.62 Å². The molecule has 1 heterocycles. The molecule has 0 N–H and O–H groups in total. The molecule has 1 aromatic rings. The van der Waals surface area contributed by atoms with Crippen LogP contribution < -0.4 is 4.62 Å². The quantitative estimate of drug-likeness (QED) is 0.539. The van der Waals surface area contributed by atoms with Crippen LogP contribution in [0.5, 0.6) is 0 Å². The van der Waals surface area contributed by atoms with E-state index in [0.29, 0.717) is 0 Å². The first-order chi connectivity index (χ1) is 9.86. The summed E-state index contributed by atoms with van der Waals surface area (Å²) in [6.07, 6.45) is 3.82. The average Bonchev–Trinajstić information content (AvgIpc) is 2.71. The number of rotatable bonds is 5. The van der Waals surface area contributed by atoms with E-state index in [4.69, 9.17) is 4.62 Å². The molecule has 0 radical (unpaired) electrons. The number of halogens is 6. The molecule has 0 aliphatic heterocycles. The molecular weight excluding hydrogens is 368 g/mol. The summed E-state index contributed by atoms with van der Waals surface area (Å²) in [6, 6.07) is 3.91. The fraction of sp³-hybridized carbons (Fsp3) is 0.600. The summed E-state index contributed by atoms with van der Waals surface area (Å²) in [5.41, 5.74) is 0. The van der Waals surface area contributed by atoms with Gasteiger partial charge in [-0.15, -0.1) is 18.7 Å². The third-order valence-corrected chi connectivity index (χ3v) is 5.88. The molecule has 0 unspecified atom stereocenters. The molecule has 1 aromatic heterocycles. The third kappa shape index (κ3) is 9.32. The van der Waals surface area contributed by atoms with E-state index < -0.39 is 15.8 Å². The predicted octanol–water partition coefficient (Wildman–Crippen LogP) is 4.66. The van der Waals surface area contributed by atoms with E-state index in [9.17, 15) is 25.2 Å². The molecule has 0 saturated carbocycles. The summed E-state index contributed by atoms with van der Waals surface area (Å²) in [4.78, 5) is 0. The van der Waals surface area contributed by atoms with Gasteiger partial charge >= 0.3 is 40.9 Å². The monoisotopic (exact) mass is 390 g/mol. The summed E-state index contributed by atoms with van der Waals surface area (Å²) in [6.45, 7) is 0. The van der Waals surface area contributed by atoms with Crippen LogP contribution in [0.3, 0.4) is 0 Å². The van der Waals surface area contributed by atoms with Crippen LogP contribution in [0, 0.1) is 0 Å². The Balaban J connectivity index is 0.000000585. The molecule has 0 atom stereocenters. The first-order valence-electron chi connectivity index (χ1n) is 6.18. The van der Waals surface area contributed by atoms with Crippen LogP contribution in [0.2, 0.25) is 0 Å². The van der Waals surface area contributed by atoms with Gasteiger partial charge in [-0.3, -0.25) is 0 Å². The molecular formula is C10H22F6N4OP2. The van der Waals surface area contributed by atoms with Crippen molar-refractivity contribution in [2.75, 3.05) is 42.3 Å². The van der Waals surface area contributed by atoms with Gasteiger partial charge in [-0.05, 0) is 12.1 Å². The Morgan fingerprint density at radius 3 is 1.22 bits per heavy atom. The number of aromatic nitrogens is 1. The second-order valence-corrected chi connectivity index (χ2v) is 10.6. The topological polar surface area (TPSA) is 23.9 Å². The van der Waals surface area contributed by atoms with Gasteiger partial charge in [-0.2, -0.15) is 0 Å². The second-order valence-electron chi connectivity index (χ2n) is 5.14. The Hall–Kier alpha value is -0.600. The van der Waals surface area contributed by atoms with E-state index >= 15 is 0 Å². The molecule has 5 nitrogen and oxygen atoms in total. The molecule has 23 heavy (non-hydrogen) atoms. The molecule has 0 aromatic carbocycles. The molecule has 13 heteroatoms. The number of hydrogen-bond acceptors (Lipinski definition) is 4. The first-order valence-corrected chi connectivity index (χ1v) is 9.77. The van der Waals surface area contributed by atoms with Gasteiger partial charge in [-0.1, -0.05) is 0 Å². The fourth-order valence-electron chi connectivity index (χ4n) is 1.79. The Labute approximate surface area is 132 Å². The SMILES string of the molecule is CN(C)[P+](On1cccc1)(N(C)C)N(C)C.F[P-](F)(F)(F)(F)F. The van der Waals surface area contributed by atoms with Crippen molar-refractivity contribution in [1.29, 1.82) is 0 Å².